The number of nitrogens with one attached hydrogen (secondary N) is 1. The van der Waals surface area contributed by atoms with Crippen molar-refractivity contribution in [2.24, 2.45) is 10.8 Å². The molecule has 0 aliphatic carbocycles. The van der Waals surface area contributed by atoms with E-state index in [0.717, 1.165) is 18.7 Å². The number of nitrogens with two attached hydrogens (primary N) is 1. The SMILES string of the molecule is CCN=C(NN)N(C)CCc1ccccn1. The monoisotopic (exact) mass is 221 g/mol. The second-order valence-corrected chi connectivity index (χ2v) is 3.43. The van der Waals surface area contributed by atoms with E-state index in [1.165, 1.54) is 0 Å². The van der Waals surface area contributed by atoms with Gasteiger partial charge in [-0.25, -0.2) is 5.84 Å². The van der Waals surface area contributed by atoms with Crippen molar-refractivity contribution >= 4 is 5.96 Å². The summed E-state index contributed by atoms with van der Waals surface area (Å²) in [5.74, 6) is 6.10. The summed E-state index contributed by atoms with van der Waals surface area (Å²) in [7, 11) is 1.96. The van der Waals surface area contributed by atoms with Crippen molar-refractivity contribution in [1.29, 1.82) is 0 Å². The highest BCUT2D eigenvalue weighted by molar-refractivity contribution is 5.79. The molecule has 0 aliphatic heterocycles. The molecule has 3 N–H and O–H groups in total. The Kier molecular flexibility index (Phi) is 5.28. The van der Waals surface area contributed by atoms with Crippen LogP contribution in [-0.4, -0.2) is 36.0 Å². The first kappa shape index (κ1) is 12.4. The summed E-state index contributed by atoms with van der Waals surface area (Å²) >= 11 is 0. The van der Waals surface area contributed by atoms with E-state index in [2.05, 4.69) is 15.4 Å². The number of hydrazine groups is 1. The summed E-state index contributed by atoms with van der Waals surface area (Å²) in [6.45, 7) is 3.53. The molecule has 1 heterocycles. The lowest BCUT2D eigenvalue weighted by Crippen LogP contribution is -2.43. The topological polar surface area (TPSA) is 66.5 Å². The Labute approximate surface area is 96.4 Å². The highest BCUT2D eigenvalue weighted by Gasteiger charge is 2.04. The molecule has 0 aromatic carbocycles. The molecule has 0 fully saturated rings. The van der Waals surface area contributed by atoms with Crippen LogP contribution in [0, 0.1) is 0 Å². The average molecular weight is 221 g/mol. The molecule has 0 unspecified atom stereocenters. The van der Waals surface area contributed by atoms with Gasteiger partial charge in [-0.1, -0.05) is 6.07 Å². The summed E-state index contributed by atoms with van der Waals surface area (Å²) in [5.41, 5.74) is 3.67. The van der Waals surface area contributed by atoms with E-state index >= 15 is 0 Å². The number of nitrogens with zero attached hydrogens (tertiary/aromatic N) is 3. The van der Waals surface area contributed by atoms with Gasteiger partial charge < -0.3 is 4.90 Å². The molecule has 0 bridgehead atoms. The van der Waals surface area contributed by atoms with Crippen molar-refractivity contribution < 1.29 is 0 Å². The Morgan fingerprint density at radius 3 is 2.94 bits per heavy atom. The van der Waals surface area contributed by atoms with Crippen LogP contribution in [0.15, 0.2) is 29.4 Å². The standard InChI is InChI=1S/C11H19N5/c1-3-13-11(15-12)16(2)9-7-10-6-4-5-8-14-10/h4-6,8H,3,7,9,12H2,1-2H3,(H,13,15). The molecule has 0 spiro atoms. The van der Waals surface area contributed by atoms with Crippen molar-refractivity contribution in [1.82, 2.24) is 15.3 Å². The first-order chi connectivity index (χ1) is 7.77. The van der Waals surface area contributed by atoms with Crippen LogP contribution in [-0.2, 0) is 6.42 Å². The van der Waals surface area contributed by atoms with Gasteiger partial charge in [-0.3, -0.25) is 15.4 Å². The summed E-state index contributed by atoms with van der Waals surface area (Å²) in [4.78, 5) is 10.5. The third-order valence-electron chi connectivity index (χ3n) is 2.23. The lowest BCUT2D eigenvalue weighted by Gasteiger charge is -2.20. The molecule has 5 nitrogen and oxygen atoms in total. The zero-order valence-corrected chi connectivity index (χ0v) is 9.85. The smallest absolute Gasteiger partial charge is 0.208 e. The van der Waals surface area contributed by atoms with Crippen molar-refractivity contribution in [3.8, 4) is 0 Å². The van der Waals surface area contributed by atoms with Crippen LogP contribution in [0.4, 0.5) is 0 Å². The van der Waals surface area contributed by atoms with Crippen LogP contribution in [0.2, 0.25) is 0 Å². The van der Waals surface area contributed by atoms with Crippen LogP contribution < -0.4 is 11.3 Å². The minimum Gasteiger partial charge on any atom is -0.345 e. The number of aliphatic imine (C=N–C) groups is 1. The Morgan fingerprint density at radius 1 is 1.56 bits per heavy atom. The number of aromatic nitrogens is 1. The van der Waals surface area contributed by atoms with Crippen LogP contribution in [0.1, 0.15) is 12.6 Å². The third-order valence-corrected chi connectivity index (χ3v) is 2.23. The average Bonchev–Trinajstić information content (AvgIpc) is 2.34. The summed E-state index contributed by atoms with van der Waals surface area (Å²) in [5, 5.41) is 0. The number of pyridine rings is 1. The lowest BCUT2D eigenvalue weighted by atomic mass is 10.2. The maximum atomic E-state index is 5.39. The number of hydrogen-bond acceptors (Lipinski definition) is 3. The van der Waals surface area contributed by atoms with E-state index in [1.54, 1.807) is 6.20 Å². The number of guanidine groups is 1. The predicted molar refractivity (Wildman–Crippen MR) is 65.9 cm³/mol. The minimum absolute atomic E-state index is 0.707. The molecule has 0 amide bonds. The molecule has 88 valence electrons. The fourth-order valence-electron chi connectivity index (χ4n) is 1.36. The van der Waals surface area contributed by atoms with Crippen molar-refractivity contribution in [2.45, 2.75) is 13.3 Å². The molecule has 1 aromatic rings. The minimum atomic E-state index is 0.707. The quantitative estimate of drug-likeness (QED) is 0.334. The van der Waals surface area contributed by atoms with E-state index in [9.17, 15) is 0 Å². The molecule has 0 aliphatic rings. The maximum Gasteiger partial charge on any atom is 0.208 e. The lowest BCUT2D eigenvalue weighted by molar-refractivity contribution is 0.483. The van der Waals surface area contributed by atoms with Gasteiger partial charge in [0.15, 0.2) is 0 Å². The van der Waals surface area contributed by atoms with Crippen molar-refractivity contribution in [2.75, 3.05) is 20.1 Å². The summed E-state index contributed by atoms with van der Waals surface area (Å²) in [6, 6.07) is 5.92. The fourth-order valence-corrected chi connectivity index (χ4v) is 1.36. The number of likely N-dealkylation sites (N-methyl/N-ethyl adjacent to an activating group) is 1. The van der Waals surface area contributed by atoms with E-state index in [1.807, 2.05) is 37.1 Å². The van der Waals surface area contributed by atoms with Gasteiger partial charge in [-0.15, -0.1) is 0 Å². The first-order valence-corrected chi connectivity index (χ1v) is 5.40. The fraction of sp³-hybridized carbons (Fsp3) is 0.455. The first-order valence-electron chi connectivity index (χ1n) is 5.40. The number of rotatable bonds is 4. The van der Waals surface area contributed by atoms with E-state index in [0.29, 0.717) is 12.5 Å². The Bertz CT molecular complexity index is 322. The molecular formula is C11H19N5. The Balaban J connectivity index is 2.46. The molecule has 0 atom stereocenters. The maximum absolute atomic E-state index is 5.39. The Hall–Kier alpha value is -1.62. The zero-order chi connectivity index (χ0) is 11.8. The van der Waals surface area contributed by atoms with E-state index in [4.69, 9.17) is 5.84 Å². The molecule has 0 saturated carbocycles. The summed E-state index contributed by atoms with van der Waals surface area (Å²) in [6.07, 6.45) is 2.68. The van der Waals surface area contributed by atoms with Gasteiger partial charge in [-0.05, 0) is 19.1 Å². The normalized spacial score (nSPS) is 11.3. The van der Waals surface area contributed by atoms with Crippen LogP contribution in [0.25, 0.3) is 0 Å². The van der Waals surface area contributed by atoms with Gasteiger partial charge in [0.05, 0.1) is 0 Å². The van der Waals surface area contributed by atoms with Crippen molar-refractivity contribution in [3.63, 3.8) is 0 Å². The summed E-state index contributed by atoms with van der Waals surface area (Å²) < 4.78 is 0. The van der Waals surface area contributed by atoms with Crippen LogP contribution in [0.5, 0.6) is 0 Å². The predicted octanol–water partition coefficient (Wildman–Crippen LogP) is 0.395. The van der Waals surface area contributed by atoms with Gasteiger partial charge in [0.2, 0.25) is 5.96 Å². The van der Waals surface area contributed by atoms with Gasteiger partial charge >= 0.3 is 0 Å². The molecule has 0 radical (unpaired) electrons. The van der Waals surface area contributed by atoms with Crippen molar-refractivity contribution in [3.05, 3.63) is 30.1 Å². The molecule has 1 rings (SSSR count). The van der Waals surface area contributed by atoms with Crippen LogP contribution in [0.3, 0.4) is 0 Å². The molecule has 5 heteroatoms. The van der Waals surface area contributed by atoms with Crippen LogP contribution >= 0.6 is 0 Å². The van der Waals surface area contributed by atoms with E-state index < -0.39 is 0 Å². The third kappa shape index (κ3) is 3.86. The Morgan fingerprint density at radius 2 is 2.38 bits per heavy atom. The highest BCUT2D eigenvalue weighted by atomic mass is 15.4. The molecule has 16 heavy (non-hydrogen) atoms. The van der Waals surface area contributed by atoms with Gasteiger partial charge in [-0.2, -0.15) is 0 Å². The van der Waals surface area contributed by atoms with Gasteiger partial charge in [0, 0.05) is 38.4 Å². The molecule has 1 aromatic heterocycles. The van der Waals surface area contributed by atoms with Gasteiger partial charge in [0.25, 0.3) is 0 Å². The second-order valence-electron chi connectivity index (χ2n) is 3.43. The van der Waals surface area contributed by atoms with Gasteiger partial charge in [0.1, 0.15) is 0 Å². The number of hydrogen-bond donors (Lipinski definition) is 2. The van der Waals surface area contributed by atoms with E-state index in [-0.39, 0.29) is 0 Å². The molecule has 0 saturated heterocycles. The molecular weight excluding hydrogens is 202 g/mol. The zero-order valence-electron chi connectivity index (χ0n) is 9.85. The second kappa shape index (κ2) is 6.79. The largest absolute Gasteiger partial charge is 0.345 e. The highest BCUT2D eigenvalue weighted by Crippen LogP contribution is 1.96.